The van der Waals surface area contributed by atoms with Crippen LogP contribution in [0, 0.1) is 0 Å². The van der Waals surface area contributed by atoms with Crippen LogP contribution in [0.4, 0.5) is 0 Å². The summed E-state index contributed by atoms with van der Waals surface area (Å²) in [5.74, 6) is -0.848. The Balaban J connectivity index is 2.20. The maximum atomic E-state index is 11.5. The van der Waals surface area contributed by atoms with Crippen LogP contribution in [0.3, 0.4) is 0 Å². The summed E-state index contributed by atoms with van der Waals surface area (Å²) in [5, 5.41) is 9.43. The van der Waals surface area contributed by atoms with E-state index in [1.165, 1.54) is 0 Å². The fourth-order valence-electron chi connectivity index (χ4n) is 2.46. The molecule has 1 saturated heterocycles. The average molecular weight is 226 g/mol. The first kappa shape index (κ1) is 11.4. The van der Waals surface area contributed by atoms with Crippen molar-refractivity contribution in [3.8, 4) is 0 Å². The summed E-state index contributed by atoms with van der Waals surface area (Å²) in [4.78, 5) is 26.3. The van der Waals surface area contributed by atoms with Gasteiger partial charge in [-0.2, -0.15) is 0 Å². The average Bonchev–Trinajstić information content (AvgIpc) is 3.06. The van der Waals surface area contributed by atoms with Crippen LogP contribution >= 0.6 is 0 Å². The number of carbonyl (C=O) groups excluding carboxylic acids is 1. The molecule has 90 valence electrons. The third kappa shape index (κ3) is 1.80. The van der Waals surface area contributed by atoms with Crippen LogP contribution in [0.15, 0.2) is 0 Å². The largest absolute Gasteiger partial charge is 0.479 e. The number of hydrogen-bond acceptors (Lipinski definition) is 3. The van der Waals surface area contributed by atoms with Crippen LogP contribution in [0.1, 0.15) is 25.7 Å². The van der Waals surface area contributed by atoms with E-state index >= 15 is 0 Å². The zero-order valence-electron chi connectivity index (χ0n) is 9.56. The quantitative estimate of drug-likeness (QED) is 0.693. The molecule has 1 saturated carbocycles. The molecule has 1 aliphatic carbocycles. The maximum Gasteiger partial charge on any atom is 0.329 e. The zero-order valence-corrected chi connectivity index (χ0v) is 9.56. The first-order valence-corrected chi connectivity index (χ1v) is 5.76. The molecule has 0 atom stereocenters. The Kier molecular flexibility index (Phi) is 2.88. The normalized spacial score (nSPS) is 25.1. The second-order valence-electron chi connectivity index (χ2n) is 4.88. The standard InChI is InChI=1S/C11H18N2O3/c1-12-6-4-11(5-7-12,10(15)16)13(8-14)9-2-3-9/h8-9H,2-7H2,1H3,(H,15,16). The van der Waals surface area contributed by atoms with Crippen LogP contribution in [-0.2, 0) is 9.59 Å². The van der Waals surface area contributed by atoms with Crippen molar-refractivity contribution in [3.05, 3.63) is 0 Å². The molecule has 1 aliphatic heterocycles. The fraction of sp³-hybridized carbons (Fsp3) is 0.818. The predicted molar refractivity (Wildman–Crippen MR) is 58.0 cm³/mol. The molecule has 5 nitrogen and oxygen atoms in total. The summed E-state index contributed by atoms with van der Waals surface area (Å²) in [7, 11) is 1.98. The lowest BCUT2D eigenvalue weighted by molar-refractivity contribution is -0.159. The molecule has 2 rings (SSSR count). The highest BCUT2D eigenvalue weighted by molar-refractivity contribution is 5.82. The molecule has 0 aromatic heterocycles. The number of hydrogen-bond donors (Lipinski definition) is 1. The minimum atomic E-state index is -0.949. The van der Waals surface area contributed by atoms with Crippen molar-refractivity contribution in [1.82, 2.24) is 9.80 Å². The van der Waals surface area contributed by atoms with E-state index in [1.807, 2.05) is 7.05 Å². The Bertz CT molecular complexity index is 294. The third-order valence-corrected chi connectivity index (χ3v) is 3.76. The second-order valence-corrected chi connectivity index (χ2v) is 4.88. The lowest BCUT2D eigenvalue weighted by Gasteiger charge is -2.43. The number of carboxylic acid groups (broad SMARTS) is 1. The first-order chi connectivity index (χ1) is 7.60. The van der Waals surface area contributed by atoms with E-state index in [-0.39, 0.29) is 6.04 Å². The summed E-state index contributed by atoms with van der Waals surface area (Å²) in [5.41, 5.74) is -0.949. The predicted octanol–water partition coefficient (Wildman–Crippen LogP) is 0.156. The maximum absolute atomic E-state index is 11.5. The van der Waals surface area contributed by atoms with E-state index in [0.717, 1.165) is 32.3 Å². The van der Waals surface area contributed by atoms with Crippen LogP contribution in [-0.4, -0.2) is 59.0 Å². The topological polar surface area (TPSA) is 60.9 Å². The van der Waals surface area contributed by atoms with Crippen molar-refractivity contribution < 1.29 is 14.7 Å². The van der Waals surface area contributed by atoms with Gasteiger partial charge in [0.2, 0.25) is 6.41 Å². The molecule has 0 aromatic rings. The van der Waals surface area contributed by atoms with Gasteiger partial charge in [0.1, 0.15) is 5.54 Å². The lowest BCUT2D eigenvalue weighted by atomic mass is 9.86. The number of nitrogens with zero attached hydrogens (tertiary/aromatic N) is 2. The molecule has 0 bridgehead atoms. The minimum Gasteiger partial charge on any atom is -0.479 e. The number of likely N-dealkylation sites (tertiary alicyclic amines) is 1. The smallest absolute Gasteiger partial charge is 0.329 e. The second kappa shape index (κ2) is 4.05. The van der Waals surface area contributed by atoms with Gasteiger partial charge in [-0.25, -0.2) is 4.79 Å². The van der Waals surface area contributed by atoms with Gasteiger partial charge < -0.3 is 14.9 Å². The van der Waals surface area contributed by atoms with Crippen molar-refractivity contribution in [2.45, 2.75) is 37.3 Å². The Morgan fingerprint density at radius 3 is 2.38 bits per heavy atom. The lowest BCUT2D eigenvalue weighted by Crippen LogP contribution is -2.60. The molecule has 2 fully saturated rings. The van der Waals surface area contributed by atoms with Gasteiger partial charge in [-0.3, -0.25) is 4.79 Å². The molecule has 16 heavy (non-hydrogen) atoms. The Hall–Kier alpha value is -1.10. The first-order valence-electron chi connectivity index (χ1n) is 5.76. The molecule has 0 aromatic carbocycles. The summed E-state index contributed by atoms with van der Waals surface area (Å²) in [6, 6.07) is 0.164. The van der Waals surface area contributed by atoms with Crippen molar-refractivity contribution >= 4 is 12.4 Å². The van der Waals surface area contributed by atoms with E-state index in [2.05, 4.69) is 4.90 Å². The number of amides is 1. The molecular formula is C11H18N2O3. The summed E-state index contributed by atoms with van der Waals surface area (Å²) in [6.45, 7) is 1.48. The van der Waals surface area contributed by atoms with Crippen LogP contribution in [0.2, 0.25) is 0 Å². The van der Waals surface area contributed by atoms with Gasteiger partial charge in [0.05, 0.1) is 0 Å². The monoisotopic (exact) mass is 226 g/mol. The zero-order chi connectivity index (χ0) is 11.8. The number of rotatable bonds is 4. The Morgan fingerprint density at radius 1 is 1.44 bits per heavy atom. The van der Waals surface area contributed by atoms with Gasteiger partial charge in [-0.1, -0.05) is 0 Å². The van der Waals surface area contributed by atoms with E-state index in [0.29, 0.717) is 12.8 Å². The van der Waals surface area contributed by atoms with Crippen molar-refractivity contribution in [2.75, 3.05) is 20.1 Å². The van der Waals surface area contributed by atoms with Crippen LogP contribution in [0.25, 0.3) is 0 Å². The highest BCUT2D eigenvalue weighted by Gasteiger charge is 2.50. The third-order valence-electron chi connectivity index (χ3n) is 3.76. The van der Waals surface area contributed by atoms with Gasteiger partial charge in [0.15, 0.2) is 0 Å². The van der Waals surface area contributed by atoms with Gasteiger partial charge in [0.25, 0.3) is 0 Å². The van der Waals surface area contributed by atoms with Gasteiger partial charge in [0, 0.05) is 19.1 Å². The molecule has 1 N–H and O–H groups in total. The summed E-state index contributed by atoms with van der Waals surface area (Å²) < 4.78 is 0. The molecule has 0 spiro atoms. The highest BCUT2D eigenvalue weighted by Crippen LogP contribution is 2.37. The molecule has 0 unspecified atom stereocenters. The molecule has 0 radical (unpaired) electrons. The Labute approximate surface area is 95.0 Å². The minimum absolute atomic E-state index is 0.164. The Morgan fingerprint density at radius 2 is 2.00 bits per heavy atom. The van der Waals surface area contributed by atoms with Crippen molar-refractivity contribution in [1.29, 1.82) is 0 Å². The number of piperidine rings is 1. The van der Waals surface area contributed by atoms with Gasteiger partial charge in [-0.15, -0.1) is 0 Å². The number of carbonyl (C=O) groups is 2. The van der Waals surface area contributed by atoms with Crippen molar-refractivity contribution in [3.63, 3.8) is 0 Å². The van der Waals surface area contributed by atoms with E-state index in [1.54, 1.807) is 4.90 Å². The number of carboxylic acids is 1. The van der Waals surface area contributed by atoms with Gasteiger partial charge in [-0.05, 0) is 32.7 Å². The van der Waals surface area contributed by atoms with Crippen molar-refractivity contribution in [2.24, 2.45) is 0 Å². The van der Waals surface area contributed by atoms with Crippen LogP contribution in [0.5, 0.6) is 0 Å². The van der Waals surface area contributed by atoms with Gasteiger partial charge >= 0.3 is 5.97 Å². The van der Waals surface area contributed by atoms with E-state index in [9.17, 15) is 14.7 Å². The fourth-order valence-corrected chi connectivity index (χ4v) is 2.46. The van der Waals surface area contributed by atoms with Crippen LogP contribution < -0.4 is 0 Å². The number of aliphatic carboxylic acids is 1. The molecule has 2 aliphatic rings. The van der Waals surface area contributed by atoms with E-state index in [4.69, 9.17) is 0 Å². The highest BCUT2D eigenvalue weighted by atomic mass is 16.4. The molecule has 5 heteroatoms. The molecular weight excluding hydrogens is 208 g/mol. The van der Waals surface area contributed by atoms with E-state index < -0.39 is 11.5 Å². The molecule has 1 heterocycles. The SMILES string of the molecule is CN1CCC(C(=O)O)(N(C=O)C2CC2)CC1. The summed E-state index contributed by atoms with van der Waals surface area (Å²) >= 11 is 0. The molecule has 1 amide bonds. The summed E-state index contributed by atoms with van der Waals surface area (Å²) in [6.07, 6.45) is 3.70.